The minimum Gasteiger partial charge on any atom is -0.400 e. The summed E-state index contributed by atoms with van der Waals surface area (Å²) in [5.41, 5.74) is 5.33. The number of unbranched alkanes of at least 4 members (excludes halogenated alkanes) is 1. The van der Waals surface area contributed by atoms with Gasteiger partial charge >= 0.3 is 9.28 Å². The van der Waals surface area contributed by atoms with Gasteiger partial charge in [-0.3, -0.25) is 0 Å². The molecule has 0 aromatic rings. The fourth-order valence-electron chi connectivity index (χ4n) is 0.787. The summed E-state index contributed by atoms with van der Waals surface area (Å²) in [6.45, 7) is 0.772. The maximum Gasteiger partial charge on any atom is 0.320 e. The van der Waals surface area contributed by atoms with Gasteiger partial charge in [-0.05, 0) is 19.0 Å². The van der Waals surface area contributed by atoms with E-state index in [2.05, 4.69) is 0 Å². The summed E-state index contributed by atoms with van der Waals surface area (Å²) in [6.07, 6.45) is 2.21. The molecule has 0 amide bonds. The van der Waals surface area contributed by atoms with E-state index >= 15 is 0 Å². The zero-order chi connectivity index (χ0) is 7.82. The van der Waals surface area contributed by atoms with Gasteiger partial charge in [-0.2, -0.15) is 0 Å². The predicted octanol–water partition coefficient (Wildman–Crippen LogP) is 0.239. The average molecular weight is 163 g/mol. The lowest BCUT2D eigenvalue weighted by molar-refractivity contribution is 0.276. The molecule has 0 aliphatic carbocycles. The highest BCUT2D eigenvalue weighted by Gasteiger charge is 2.07. The van der Waals surface area contributed by atoms with Gasteiger partial charge in [-0.25, -0.2) is 0 Å². The second-order valence-corrected chi connectivity index (χ2v) is 4.56. The Morgan fingerprint density at radius 2 is 1.80 bits per heavy atom. The maximum absolute atomic E-state index is 5.33. The topological polar surface area (TPSA) is 44.5 Å². The van der Waals surface area contributed by atoms with Gasteiger partial charge in [0.15, 0.2) is 0 Å². The van der Waals surface area contributed by atoms with Crippen LogP contribution in [0.15, 0.2) is 0 Å². The Morgan fingerprint density at radius 3 is 2.20 bits per heavy atom. The summed E-state index contributed by atoms with van der Waals surface area (Å²) < 4.78 is 10.2. The van der Waals surface area contributed by atoms with Crippen molar-refractivity contribution in [2.75, 3.05) is 20.8 Å². The minimum absolute atomic E-state index is 0.772. The molecular weight excluding hydrogens is 146 g/mol. The molecule has 4 heteroatoms. The van der Waals surface area contributed by atoms with Crippen molar-refractivity contribution in [2.45, 2.75) is 18.9 Å². The second-order valence-electron chi connectivity index (χ2n) is 2.19. The van der Waals surface area contributed by atoms with Crippen molar-refractivity contribution in [2.24, 2.45) is 5.73 Å². The fourth-order valence-corrected chi connectivity index (χ4v) is 2.07. The molecule has 0 spiro atoms. The average Bonchev–Trinajstić information content (AvgIpc) is 1.99. The first-order valence-corrected chi connectivity index (χ1v) is 5.36. The van der Waals surface area contributed by atoms with Crippen molar-refractivity contribution < 1.29 is 8.85 Å². The molecule has 0 aromatic carbocycles. The quantitative estimate of drug-likeness (QED) is 0.450. The van der Waals surface area contributed by atoms with Gasteiger partial charge < -0.3 is 14.6 Å². The lowest BCUT2D eigenvalue weighted by Crippen LogP contribution is -2.18. The van der Waals surface area contributed by atoms with Crippen molar-refractivity contribution in [1.82, 2.24) is 0 Å². The molecule has 3 nitrogen and oxygen atoms in total. The molecular formula is C6H17NO2Si. The zero-order valence-corrected chi connectivity index (χ0v) is 7.95. The highest BCUT2D eigenvalue weighted by Crippen LogP contribution is 2.00. The Bertz CT molecular complexity index is 68.8. The van der Waals surface area contributed by atoms with Crippen LogP contribution in [0.2, 0.25) is 6.04 Å². The van der Waals surface area contributed by atoms with Gasteiger partial charge in [0.05, 0.1) is 0 Å². The molecule has 0 bridgehead atoms. The molecule has 0 aromatic heterocycles. The summed E-state index contributed by atoms with van der Waals surface area (Å²) in [6, 6.07) is 1.07. The third-order valence-electron chi connectivity index (χ3n) is 1.42. The Morgan fingerprint density at radius 1 is 1.20 bits per heavy atom. The molecule has 0 unspecified atom stereocenters. The van der Waals surface area contributed by atoms with Gasteiger partial charge in [0, 0.05) is 14.2 Å². The summed E-state index contributed by atoms with van der Waals surface area (Å²) in [7, 11) is 2.14. The number of hydrogen-bond donors (Lipinski definition) is 1. The monoisotopic (exact) mass is 163 g/mol. The van der Waals surface area contributed by atoms with Crippen LogP contribution in [0.4, 0.5) is 0 Å². The molecule has 0 fully saturated rings. The van der Waals surface area contributed by atoms with Crippen LogP contribution in [-0.4, -0.2) is 30.0 Å². The van der Waals surface area contributed by atoms with E-state index in [0.29, 0.717) is 0 Å². The van der Waals surface area contributed by atoms with E-state index in [1.807, 2.05) is 0 Å². The third-order valence-corrected chi connectivity index (χ3v) is 3.35. The Labute approximate surface area is 64.4 Å². The Balaban J connectivity index is 3.09. The minimum atomic E-state index is -1.28. The van der Waals surface area contributed by atoms with Gasteiger partial charge in [0.1, 0.15) is 0 Å². The van der Waals surface area contributed by atoms with Crippen molar-refractivity contribution >= 4 is 9.28 Å². The molecule has 0 rings (SSSR count). The summed E-state index contributed by atoms with van der Waals surface area (Å²) in [5.74, 6) is 0. The lowest BCUT2D eigenvalue weighted by atomic mass is 10.3. The van der Waals surface area contributed by atoms with E-state index < -0.39 is 9.28 Å². The van der Waals surface area contributed by atoms with E-state index in [1.165, 1.54) is 0 Å². The largest absolute Gasteiger partial charge is 0.400 e. The zero-order valence-electron chi connectivity index (χ0n) is 6.80. The van der Waals surface area contributed by atoms with Crippen LogP contribution in [0.1, 0.15) is 12.8 Å². The van der Waals surface area contributed by atoms with Gasteiger partial charge in [-0.1, -0.05) is 6.42 Å². The second kappa shape index (κ2) is 7.21. The van der Waals surface area contributed by atoms with E-state index in [1.54, 1.807) is 14.2 Å². The standard InChI is InChI=1S/C6H17NO2Si/c1-8-10(9-2)6-4-3-5-7/h10H,3-7H2,1-2H3. The van der Waals surface area contributed by atoms with Crippen LogP contribution in [0, 0.1) is 0 Å². The summed E-state index contributed by atoms with van der Waals surface area (Å²) in [5, 5.41) is 0. The van der Waals surface area contributed by atoms with Crippen molar-refractivity contribution in [3.63, 3.8) is 0 Å². The summed E-state index contributed by atoms with van der Waals surface area (Å²) >= 11 is 0. The highest BCUT2D eigenvalue weighted by atomic mass is 28.3. The van der Waals surface area contributed by atoms with Crippen molar-refractivity contribution in [3.8, 4) is 0 Å². The van der Waals surface area contributed by atoms with Crippen LogP contribution < -0.4 is 5.73 Å². The molecule has 0 saturated heterocycles. The number of nitrogens with two attached hydrogens (primary N) is 1. The normalized spacial score (nSPS) is 10.8. The smallest absolute Gasteiger partial charge is 0.320 e. The number of rotatable bonds is 6. The van der Waals surface area contributed by atoms with E-state index in [4.69, 9.17) is 14.6 Å². The molecule has 0 heterocycles. The Kier molecular flexibility index (Phi) is 7.28. The predicted molar refractivity (Wildman–Crippen MR) is 44.3 cm³/mol. The SMILES string of the molecule is CO[SiH](CCCCN)OC. The summed E-state index contributed by atoms with van der Waals surface area (Å²) in [4.78, 5) is 0. The first kappa shape index (κ1) is 10.1. The van der Waals surface area contributed by atoms with Gasteiger partial charge in [0.25, 0.3) is 0 Å². The van der Waals surface area contributed by atoms with Gasteiger partial charge in [-0.15, -0.1) is 0 Å². The van der Waals surface area contributed by atoms with E-state index in [9.17, 15) is 0 Å². The highest BCUT2D eigenvalue weighted by molar-refractivity contribution is 6.44. The van der Waals surface area contributed by atoms with Crippen LogP contribution >= 0.6 is 0 Å². The molecule has 0 aliphatic heterocycles. The first-order valence-electron chi connectivity index (χ1n) is 3.60. The Hall–Kier alpha value is 0.0969. The number of hydrogen-bond acceptors (Lipinski definition) is 3. The van der Waals surface area contributed by atoms with Crippen molar-refractivity contribution in [3.05, 3.63) is 0 Å². The van der Waals surface area contributed by atoms with E-state index in [0.717, 1.165) is 25.4 Å². The third kappa shape index (κ3) is 4.93. The molecule has 0 atom stereocenters. The van der Waals surface area contributed by atoms with Crippen molar-refractivity contribution in [1.29, 1.82) is 0 Å². The first-order chi connectivity index (χ1) is 4.85. The molecule has 2 N–H and O–H groups in total. The fraction of sp³-hybridized carbons (Fsp3) is 1.00. The molecule has 10 heavy (non-hydrogen) atoms. The van der Waals surface area contributed by atoms with Gasteiger partial charge in [0.2, 0.25) is 0 Å². The maximum atomic E-state index is 5.33. The van der Waals surface area contributed by atoms with Crippen LogP contribution in [-0.2, 0) is 8.85 Å². The van der Waals surface area contributed by atoms with Crippen LogP contribution in [0.3, 0.4) is 0 Å². The molecule has 62 valence electrons. The van der Waals surface area contributed by atoms with Crippen LogP contribution in [0.25, 0.3) is 0 Å². The van der Waals surface area contributed by atoms with E-state index in [-0.39, 0.29) is 0 Å². The molecule has 0 saturated carbocycles. The van der Waals surface area contributed by atoms with Crippen LogP contribution in [0.5, 0.6) is 0 Å². The molecule has 0 radical (unpaired) electrons. The molecule has 0 aliphatic rings. The lowest BCUT2D eigenvalue weighted by Gasteiger charge is -2.09.